The van der Waals surface area contributed by atoms with Crippen LogP contribution in [0.4, 0.5) is 10.5 Å². The minimum absolute atomic E-state index is 0. The topological polar surface area (TPSA) is 231 Å². The van der Waals surface area contributed by atoms with Crippen molar-refractivity contribution in [1.82, 2.24) is 14.9 Å². The summed E-state index contributed by atoms with van der Waals surface area (Å²) in [5, 5.41) is 15.5. The number of hydrogen-bond donors (Lipinski definition) is 4. The second-order valence-corrected chi connectivity index (χ2v) is 9.94. The Morgan fingerprint density at radius 3 is 1.98 bits per heavy atom. The van der Waals surface area contributed by atoms with Crippen molar-refractivity contribution in [1.29, 1.82) is 0 Å². The van der Waals surface area contributed by atoms with Gasteiger partial charge in [0.1, 0.15) is 5.57 Å². The molecule has 0 radical (unpaired) electrons. The van der Waals surface area contributed by atoms with Crippen LogP contribution >= 0.6 is 0 Å². The van der Waals surface area contributed by atoms with E-state index in [9.17, 15) is 38.7 Å². The zero-order valence-electron chi connectivity index (χ0n) is 25.1. The molecular formula is C33H23KN6O8. The number of barbiturate groups is 1. The van der Waals surface area contributed by atoms with Crippen molar-refractivity contribution < 1.29 is 80.5 Å². The van der Waals surface area contributed by atoms with Crippen molar-refractivity contribution in [3.05, 3.63) is 146 Å². The molecule has 6 N–H and O–H groups in total. The van der Waals surface area contributed by atoms with Gasteiger partial charge in [-0.05, 0) is 65.6 Å². The predicted molar refractivity (Wildman–Crippen MR) is 168 cm³/mol. The quantitative estimate of drug-likeness (QED) is 0.0715. The molecule has 14 nitrogen and oxygen atoms in total. The van der Waals surface area contributed by atoms with E-state index in [-0.39, 0.29) is 73.9 Å². The van der Waals surface area contributed by atoms with Gasteiger partial charge in [0.15, 0.2) is 0 Å². The second kappa shape index (κ2) is 15.0. The first-order valence-electron chi connectivity index (χ1n) is 13.7. The van der Waals surface area contributed by atoms with Crippen LogP contribution < -0.4 is 89.4 Å². The molecule has 6 amide bonds. The normalized spacial score (nSPS) is 14.2. The smallest absolute Gasteiger partial charge is 0.859 e. The maximum atomic E-state index is 13.4. The molecular weight excluding hydrogens is 647 g/mol. The summed E-state index contributed by atoms with van der Waals surface area (Å²) >= 11 is 0. The van der Waals surface area contributed by atoms with E-state index in [0.29, 0.717) is 20.6 Å². The van der Waals surface area contributed by atoms with Crippen LogP contribution in [0.25, 0.3) is 17.3 Å². The van der Waals surface area contributed by atoms with Crippen LogP contribution in [0, 0.1) is 0 Å². The number of hydrogen-bond acceptors (Lipinski definition) is 8. The number of anilines is 1. The number of aromatic nitrogens is 2. The monoisotopic (exact) mass is 670 g/mol. The Hall–Kier alpha value is -5.45. The van der Waals surface area contributed by atoms with Gasteiger partial charge in [-0.25, -0.2) is 14.5 Å². The first-order valence-corrected chi connectivity index (χ1v) is 13.7. The van der Waals surface area contributed by atoms with E-state index in [1.807, 2.05) is 0 Å². The standard InChI is InChI=1S/C33H24N6O8.K/c34-26(40)20-8-4-10-22(16-20)38-30(44)24(28(42)36-32(38)46)14-12-19(18-6-2-1-3-7-18)13-15-25-29(43)37-33(47)39(31(25)45)23-11-5-9-21(17-23)27(35)41;/h1-17,44H,(H2,34,40)(H2,35,41)(H,36,42,46)(H,37,43,47);/q;+1/p-1. The molecule has 5 rings (SSSR count). The van der Waals surface area contributed by atoms with Gasteiger partial charge in [0, 0.05) is 16.7 Å². The maximum Gasteiger partial charge on any atom is 1.00 e. The Kier molecular flexibility index (Phi) is 11.0. The van der Waals surface area contributed by atoms with Gasteiger partial charge in [0.2, 0.25) is 11.8 Å². The molecule has 1 fully saturated rings. The molecule has 0 saturated carbocycles. The molecule has 1 saturated heterocycles. The third-order valence-corrected chi connectivity index (χ3v) is 6.95. The summed E-state index contributed by atoms with van der Waals surface area (Å²) in [7, 11) is 0. The number of benzene rings is 3. The van der Waals surface area contributed by atoms with Gasteiger partial charge < -0.3 is 16.6 Å². The number of carbonyl (C=O) groups is 5. The average molecular weight is 671 g/mol. The van der Waals surface area contributed by atoms with Crippen molar-refractivity contribution in [2.24, 2.45) is 11.5 Å². The third kappa shape index (κ3) is 7.40. The summed E-state index contributed by atoms with van der Waals surface area (Å²) in [6, 6.07) is 18.3. The van der Waals surface area contributed by atoms with Gasteiger partial charge in [-0.15, -0.1) is 0 Å². The fourth-order valence-electron chi connectivity index (χ4n) is 4.64. The molecule has 0 aliphatic carbocycles. The molecule has 15 heteroatoms. The Bertz CT molecular complexity index is 2200. The molecule has 0 unspecified atom stereocenters. The van der Waals surface area contributed by atoms with E-state index in [1.165, 1.54) is 60.7 Å². The molecule has 0 atom stereocenters. The predicted octanol–water partition coefficient (Wildman–Crippen LogP) is -1.89. The number of H-pyrrole nitrogens is 1. The SMILES string of the molecule is NC(=O)c1cccc(N2C(=O)NC(=O)C(=CC=C(C=Cc3c([O-])n(-c4cccc(C(N)=O)c4)c(=O)[nH]c3=O)c3ccccc3)C2=O)c1.[K+]. The number of aromatic amines is 1. The van der Waals surface area contributed by atoms with E-state index < -0.39 is 57.9 Å². The number of imide groups is 2. The number of allylic oxidation sites excluding steroid dienone is 4. The molecule has 0 bridgehead atoms. The summed E-state index contributed by atoms with van der Waals surface area (Å²) in [4.78, 5) is 90.1. The largest absolute Gasteiger partial charge is 1.00 e. The molecule has 1 aliphatic rings. The summed E-state index contributed by atoms with van der Waals surface area (Å²) in [5.41, 5.74) is 8.63. The van der Waals surface area contributed by atoms with E-state index in [4.69, 9.17) is 11.5 Å². The van der Waals surface area contributed by atoms with Crippen LogP contribution in [0.5, 0.6) is 5.88 Å². The minimum Gasteiger partial charge on any atom is -0.859 e. The molecule has 234 valence electrons. The van der Waals surface area contributed by atoms with Gasteiger partial charge in [-0.3, -0.25) is 38.8 Å². The van der Waals surface area contributed by atoms with Gasteiger partial charge in [-0.2, -0.15) is 0 Å². The first-order chi connectivity index (χ1) is 22.5. The number of nitrogens with one attached hydrogen (secondary N) is 2. The van der Waals surface area contributed by atoms with Crippen molar-refractivity contribution >= 4 is 47.0 Å². The van der Waals surface area contributed by atoms with Crippen LogP contribution in [0.15, 0.2) is 112 Å². The van der Waals surface area contributed by atoms with Crippen molar-refractivity contribution in [3.8, 4) is 11.6 Å². The molecule has 4 aromatic rings. The maximum absolute atomic E-state index is 13.4. The van der Waals surface area contributed by atoms with Crippen LogP contribution in [0.1, 0.15) is 31.8 Å². The van der Waals surface area contributed by atoms with Crippen molar-refractivity contribution in [2.75, 3.05) is 4.90 Å². The molecule has 1 aromatic heterocycles. The van der Waals surface area contributed by atoms with Crippen molar-refractivity contribution in [2.45, 2.75) is 0 Å². The number of rotatable bonds is 8. The van der Waals surface area contributed by atoms with E-state index in [1.54, 1.807) is 30.3 Å². The number of urea groups is 1. The molecule has 1 aliphatic heterocycles. The Morgan fingerprint density at radius 2 is 1.35 bits per heavy atom. The van der Waals surface area contributed by atoms with Crippen LogP contribution in [-0.2, 0) is 9.59 Å². The van der Waals surface area contributed by atoms with Gasteiger partial charge >= 0.3 is 63.1 Å². The van der Waals surface area contributed by atoms with Crippen LogP contribution in [0.2, 0.25) is 0 Å². The minimum atomic E-state index is -1.04. The fraction of sp³-hybridized carbons (Fsp3) is 0. The summed E-state index contributed by atoms with van der Waals surface area (Å²) in [5.74, 6) is -4.55. The number of nitrogens with two attached hydrogens (primary N) is 2. The van der Waals surface area contributed by atoms with Gasteiger partial charge in [0.25, 0.3) is 17.4 Å². The Balaban J connectivity index is 0.00000520. The third-order valence-electron chi connectivity index (χ3n) is 6.95. The zero-order valence-corrected chi connectivity index (χ0v) is 28.3. The van der Waals surface area contributed by atoms with Gasteiger partial charge in [0.05, 0.1) is 11.4 Å². The number of nitrogens with zero attached hydrogens (tertiary/aromatic N) is 2. The van der Waals surface area contributed by atoms with E-state index in [2.05, 4.69) is 10.3 Å². The Labute approximate surface area is 313 Å². The van der Waals surface area contributed by atoms with Crippen LogP contribution in [-0.4, -0.2) is 39.2 Å². The van der Waals surface area contributed by atoms with E-state index in [0.717, 1.165) is 12.2 Å². The molecule has 48 heavy (non-hydrogen) atoms. The molecule has 2 heterocycles. The van der Waals surface area contributed by atoms with Gasteiger partial charge in [-0.1, -0.05) is 54.6 Å². The fourth-order valence-corrected chi connectivity index (χ4v) is 4.64. The molecule has 0 spiro atoms. The number of carbonyl (C=O) groups excluding carboxylic acids is 5. The average Bonchev–Trinajstić information content (AvgIpc) is 3.04. The van der Waals surface area contributed by atoms with Crippen LogP contribution in [0.3, 0.4) is 0 Å². The number of primary amides is 2. The molecule has 3 aromatic carbocycles. The summed E-state index contributed by atoms with van der Waals surface area (Å²) in [6.45, 7) is 0. The second-order valence-electron chi connectivity index (χ2n) is 9.94. The van der Waals surface area contributed by atoms with Crippen molar-refractivity contribution in [3.63, 3.8) is 0 Å². The van der Waals surface area contributed by atoms with E-state index >= 15 is 0 Å². The Morgan fingerprint density at radius 1 is 0.771 bits per heavy atom. The summed E-state index contributed by atoms with van der Waals surface area (Å²) < 4.78 is 0.672. The summed E-state index contributed by atoms with van der Waals surface area (Å²) in [6.07, 6.45) is 5.02. The number of amides is 6. The zero-order chi connectivity index (χ0) is 33.8. The first kappa shape index (κ1) is 35.4.